The number of ketones is 1. The average molecular weight is 122 g/mol. The fraction of sp³-hybridized carbons (Fsp3) is 0.833. The molecule has 0 saturated heterocycles. The van der Waals surface area contributed by atoms with Crippen LogP contribution in [-0.4, -0.2) is 5.78 Å². The molecule has 1 aliphatic rings. The molecule has 0 aliphatic heterocycles. The zero-order chi connectivity index (χ0) is 5.11. The molecule has 0 amide bonds. The first-order valence-electron chi connectivity index (χ1n) is 2.91. The third kappa shape index (κ3) is 2.85. The molecule has 0 aromatic heterocycles. The Morgan fingerprint density at radius 1 is 1.12 bits per heavy atom. The third-order valence-corrected chi connectivity index (χ3v) is 1.41. The molecule has 1 saturated carbocycles. The maximum Gasteiger partial charge on any atom is 1.00 e. The molecule has 0 heterocycles. The van der Waals surface area contributed by atoms with Crippen molar-refractivity contribution in [1.29, 1.82) is 0 Å². The van der Waals surface area contributed by atoms with E-state index >= 15 is 0 Å². The Balaban J connectivity index is 0. The Labute approximate surface area is 73.6 Å². The number of carbonyl (C=O) groups excluding carboxylic acids is 1. The van der Waals surface area contributed by atoms with Crippen molar-refractivity contribution in [3.63, 3.8) is 0 Å². The van der Waals surface area contributed by atoms with Crippen molar-refractivity contribution in [3.8, 4) is 0 Å². The first-order chi connectivity index (χ1) is 3.39. The Kier molecular flexibility index (Phi) is 4.92. The van der Waals surface area contributed by atoms with Gasteiger partial charge in [-0.25, -0.2) is 0 Å². The van der Waals surface area contributed by atoms with Gasteiger partial charge in [0.05, 0.1) is 0 Å². The van der Waals surface area contributed by atoms with Gasteiger partial charge in [-0.3, -0.25) is 4.79 Å². The Morgan fingerprint density at radius 3 is 1.88 bits per heavy atom. The summed E-state index contributed by atoms with van der Waals surface area (Å²) in [6.07, 6.45) is 5.24. The maximum absolute atomic E-state index is 10.5. The van der Waals surface area contributed by atoms with Gasteiger partial charge in [-0.15, -0.1) is 0 Å². The van der Waals surface area contributed by atoms with Gasteiger partial charge in [0, 0.05) is 12.8 Å². The topological polar surface area (TPSA) is 17.1 Å². The van der Waals surface area contributed by atoms with Crippen LogP contribution in [0.4, 0.5) is 0 Å². The van der Waals surface area contributed by atoms with Crippen molar-refractivity contribution in [1.82, 2.24) is 0 Å². The standard InChI is InChI=1S/C6H10O.Na.H/c7-6-4-2-1-3-5-6;;/h1-5H2;;/q;+1;-1. The molecule has 0 radical (unpaired) electrons. The Bertz CT molecular complexity index is 77.1. The fourth-order valence-corrected chi connectivity index (χ4v) is 0.946. The molecule has 0 aromatic carbocycles. The number of rotatable bonds is 0. The van der Waals surface area contributed by atoms with Gasteiger partial charge in [0.2, 0.25) is 0 Å². The summed E-state index contributed by atoms with van der Waals surface area (Å²) in [4.78, 5) is 10.5. The minimum Gasteiger partial charge on any atom is -1.00 e. The van der Waals surface area contributed by atoms with E-state index in [1.54, 1.807) is 0 Å². The number of carbonyl (C=O) groups is 1. The SMILES string of the molecule is O=C1CCCCC1.[H-].[Na+]. The average Bonchev–Trinajstić information content (AvgIpc) is 1.69. The van der Waals surface area contributed by atoms with Gasteiger partial charge in [-0.2, -0.15) is 0 Å². The molecule has 0 unspecified atom stereocenters. The molecular weight excluding hydrogens is 111 g/mol. The minimum absolute atomic E-state index is 0. The minimum atomic E-state index is 0. The van der Waals surface area contributed by atoms with Gasteiger partial charge < -0.3 is 1.43 Å². The second kappa shape index (κ2) is 4.54. The second-order valence-corrected chi connectivity index (χ2v) is 2.10. The molecule has 0 spiro atoms. The first kappa shape index (κ1) is 8.67. The zero-order valence-electron chi connectivity index (χ0n) is 6.44. The second-order valence-electron chi connectivity index (χ2n) is 2.10. The van der Waals surface area contributed by atoms with Crippen molar-refractivity contribution in [3.05, 3.63) is 0 Å². The molecule has 0 N–H and O–H groups in total. The van der Waals surface area contributed by atoms with E-state index in [-0.39, 0.29) is 31.0 Å². The van der Waals surface area contributed by atoms with Crippen LogP contribution < -0.4 is 29.6 Å². The third-order valence-electron chi connectivity index (χ3n) is 1.41. The van der Waals surface area contributed by atoms with E-state index in [4.69, 9.17) is 0 Å². The molecule has 1 fully saturated rings. The summed E-state index contributed by atoms with van der Waals surface area (Å²) in [6, 6.07) is 0. The van der Waals surface area contributed by atoms with Gasteiger partial charge in [-0.05, 0) is 12.8 Å². The van der Waals surface area contributed by atoms with Crippen LogP contribution in [0.5, 0.6) is 0 Å². The summed E-state index contributed by atoms with van der Waals surface area (Å²) < 4.78 is 0. The van der Waals surface area contributed by atoms with Crippen molar-refractivity contribution in [2.24, 2.45) is 0 Å². The van der Waals surface area contributed by atoms with Crippen LogP contribution >= 0.6 is 0 Å². The summed E-state index contributed by atoms with van der Waals surface area (Å²) in [7, 11) is 0. The predicted octanol–water partition coefficient (Wildman–Crippen LogP) is -1.36. The van der Waals surface area contributed by atoms with Gasteiger partial charge in [0.25, 0.3) is 0 Å². The van der Waals surface area contributed by atoms with E-state index < -0.39 is 0 Å². The quantitative estimate of drug-likeness (QED) is 0.362. The van der Waals surface area contributed by atoms with E-state index in [0.29, 0.717) is 5.78 Å². The van der Waals surface area contributed by atoms with Crippen LogP contribution in [0.1, 0.15) is 33.5 Å². The molecule has 42 valence electrons. The van der Waals surface area contributed by atoms with Crippen LogP contribution in [0.15, 0.2) is 0 Å². The molecule has 8 heavy (non-hydrogen) atoms. The van der Waals surface area contributed by atoms with Gasteiger partial charge in [0.15, 0.2) is 0 Å². The molecule has 1 aliphatic carbocycles. The van der Waals surface area contributed by atoms with Gasteiger partial charge in [-0.1, -0.05) is 6.42 Å². The molecule has 1 rings (SSSR count). The van der Waals surface area contributed by atoms with Crippen LogP contribution in [0.2, 0.25) is 0 Å². The van der Waals surface area contributed by atoms with E-state index in [9.17, 15) is 4.79 Å². The van der Waals surface area contributed by atoms with Crippen LogP contribution in [0, 0.1) is 0 Å². The maximum atomic E-state index is 10.5. The van der Waals surface area contributed by atoms with Gasteiger partial charge in [0.1, 0.15) is 5.78 Å². The summed E-state index contributed by atoms with van der Waals surface area (Å²) >= 11 is 0. The monoisotopic (exact) mass is 122 g/mol. The molecule has 0 aromatic rings. The molecule has 0 bridgehead atoms. The molecular formula is C6H11NaO. The van der Waals surface area contributed by atoms with E-state index in [1.165, 1.54) is 6.42 Å². The number of hydrogen-bond acceptors (Lipinski definition) is 1. The van der Waals surface area contributed by atoms with Crippen molar-refractivity contribution in [2.45, 2.75) is 32.1 Å². The first-order valence-corrected chi connectivity index (χ1v) is 2.91. The zero-order valence-corrected chi connectivity index (χ0v) is 7.44. The molecule has 0 atom stereocenters. The largest absolute Gasteiger partial charge is 1.00 e. The smallest absolute Gasteiger partial charge is 1.00 e. The molecule has 1 nitrogen and oxygen atoms in total. The van der Waals surface area contributed by atoms with Crippen LogP contribution in [0.3, 0.4) is 0 Å². The van der Waals surface area contributed by atoms with E-state index in [0.717, 1.165) is 25.7 Å². The van der Waals surface area contributed by atoms with Gasteiger partial charge >= 0.3 is 29.6 Å². The van der Waals surface area contributed by atoms with E-state index in [1.807, 2.05) is 0 Å². The van der Waals surface area contributed by atoms with Crippen molar-refractivity contribution < 1.29 is 35.8 Å². The Morgan fingerprint density at radius 2 is 1.62 bits per heavy atom. The summed E-state index contributed by atoms with van der Waals surface area (Å²) in [5, 5.41) is 0. The summed E-state index contributed by atoms with van der Waals surface area (Å²) in [5.74, 6) is 0.464. The predicted molar refractivity (Wildman–Crippen MR) is 29.2 cm³/mol. The van der Waals surface area contributed by atoms with Crippen molar-refractivity contribution >= 4 is 5.78 Å². The normalized spacial score (nSPS) is 19.8. The number of Topliss-reactive ketones (excluding diaryl/α,β-unsaturated/α-hetero) is 1. The Hall–Kier alpha value is 0.670. The molecule has 2 heteroatoms. The summed E-state index contributed by atoms with van der Waals surface area (Å²) in [6.45, 7) is 0. The van der Waals surface area contributed by atoms with Crippen LogP contribution in [0.25, 0.3) is 0 Å². The number of hydrogen-bond donors (Lipinski definition) is 0. The van der Waals surface area contributed by atoms with Crippen LogP contribution in [-0.2, 0) is 4.79 Å². The van der Waals surface area contributed by atoms with E-state index in [2.05, 4.69) is 0 Å². The van der Waals surface area contributed by atoms with Crippen molar-refractivity contribution in [2.75, 3.05) is 0 Å². The summed E-state index contributed by atoms with van der Waals surface area (Å²) in [5.41, 5.74) is 0. The fourth-order valence-electron chi connectivity index (χ4n) is 0.946.